The lowest BCUT2D eigenvalue weighted by Gasteiger charge is -2.02. The maximum atomic E-state index is 11.2. The summed E-state index contributed by atoms with van der Waals surface area (Å²) in [5.41, 5.74) is 2.50. The number of hydrogen-bond donors (Lipinski definition) is 2. The minimum absolute atomic E-state index is 0.142. The number of nitrogens with zero attached hydrogens (tertiary/aromatic N) is 1. The molecule has 0 atom stereocenters. The molecule has 0 saturated heterocycles. The van der Waals surface area contributed by atoms with E-state index in [2.05, 4.69) is 9.97 Å². The molecule has 0 aliphatic heterocycles. The fourth-order valence-corrected chi connectivity index (χ4v) is 2.02. The molecular weight excluding hydrogens is 236 g/mol. The molecule has 0 saturated carbocycles. The molecular formula is C12H12N2O2S. The third-order valence-corrected chi connectivity index (χ3v) is 3.07. The highest BCUT2D eigenvalue weighted by molar-refractivity contribution is 7.98. The van der Waals surface area contributed by atoms with Gasteiger partial charge in [-0.15, -0.1) is 0 Å². The van der Waals surface area contributed by atoms with Gasteiger partial charge in [0, 0.05) is 5.56 Å². The standard InChI is InChI=1S/C12H12N2O2S/c1-7-5-3-4-6-8(7)9-10(11(15)16)14-12(13-9)17-2/h3-6H,1-2H3,(H,13,14)(H,15,16). The van der Waals surface area contributed by atoms with Crippen LogP contribution >= 0.6 is 11.8 Å². The third-order valence-electron chi connectivity index (χ3n) is 2.49. The zero-order valence-corrected chi connectivity index (χ0v) is 10.3. The molecule has 0 radical (unpaired) electrons. The second-order valence-electron chi connectivity index (χ2n) is 3.59. The lowest BCUT2D eigenvalue weighted by Crippen LogP contribution is -1.99. The first-order valence-electron chi connectivity index (χ1n) is 5.06. The average molecular weight is 248 g/mol. The monoisotopic (exact) mass is 248 g/mol. The molecule has 0 aliphatic carbocycles. The highest BCUT2D eigenvalue weighted by atomic mass is 32.2. The van der Waals surface area contributed by atoms with Gasteiger partial charge in [0.15, 0.2) is 10.9 Å². The number of thioether (sulfide) groups is 1. The summed E-state index contributed by atoms with van der Waals surface area (Å²) in [6.07, 6.45) is 1.85. The van der Waals surface area contributed by atoms with Gasteiger partial charge < -0.3 is 10.1 Å². The van der Waals surface area contributed by atoms with Crippen LogP contribution < -0.4 is 0 Å². The molecule has 0 aliphatic rings. The summed E-state index contributed by atoms with van der Waals surface area (Å²) >= 11 is 1.39. The maximum absolute atomic E-state index is 11.2. The van der Waals surface area contributed by atoms with E-state index in [1.54, 1.807) is 0 Å². The molecule has 2 N–H and O–H groups in total. The van der Waals surface area contributed by atoms with Crippen molar-refractivity contribution < 1.29 is 9.90 Å². The summed E-state index contributed by atoms with van der Waals surface area (Å²) in [5, 5.41) is 9.76. The van der Waals surface area contributed by atoms with E-state index in [0.29, 0.717) is 10.9 Å². The largest absolute Gasteiger partial charge is 0.477 e. The van der Waals surface area contributed by atoms with E-state index < -0.39 is 5.97 Å². The second kappa shape index (κ2) is 4.63. The van der Waals surface area contributed by atoms with Crippen LogP contribution in [-0.4, -0.2) is 27.3 Å². The first kappa shape index (κ1) is 11.7. The Morgan fingerprint density at radius 3 is 2.71 bits per heavy atom. The molecule has 88 valence electrons. The number of aromatic carboxylic acids is 1. The van der Waals surface area contributed by atoms with Crippen LogP contribution in [0.1, 0.15) is 16.1 Å². The van der Waals surface area contributed by atoms with Crippen molar-refractivity contribution in [2.75, 3.05) is 6.26 Å². The third kappa shape index (κ3) is 2.19. The van der Waals surface area contributed by atoms with Crippen LogP contribution in [0.15, 0.2) is 29.4 Å². The summed E-state index contributed by atoms with van der Waals surface area (Å²) in [5.74, 6) is -0.990. The van der Waals surface area contributed by atoms with Crippen LogP contribution in [-0.2, 0) is 0 Å². The maximum Gasteiger partial charge on any atom is 0.354 e. The number of carboxylic acid groups (broad SMARTS) is 1. The SMILES string of the molecule is CSc1nc(-c2ccccc2C)c(C(=O)O)[nH]1. The zero-order valence-electron chi connectivity index (χ0n) is 9.52. The Hall–Kier alpha value is -1.75. The molecule has 17 heavy (non-hydrogen) atoms. The molecule has 1 aromatic carbocycles. The quantitative estimate of drug-likeness (QED) is 0.820. The average Bonchev–Trinajstić information content (AvgIpc) is 2.73. The van der Waals surface area contributed by atoms with E-state index >= 15 is 0 Å². The Bertz CT molecular complexity index is 563. The fourth-order valence-electron chi connectivity index (χ4n) is 1.64. The van der Waals surface area contributed by atoms with Gasteiger partial charge in [0.25, 0.3) is 0 Å². The van der Waals surface area contributed by atoms with E-state index in [4.69, 9.17) is 5.11 Å². The van der Waals surface area contributed by atoms with Crippen LogP contribution in [0, 0.1) is 6.92 Å². The van der Waals surface area contributed by atoms with Crippen LogP contribution in [0.4, 0.5) is 0 Å². The van der Waals surface area contributed by atoms with Crippen LogP contribution in [0.3, 0.4) is 0 Å². The van der Waals surface area contributed by atoms with Gasteiger partial charge in [0.2, 0.25) is 0 Å². The van der Waals surface area contributed by atoms with Gasteiger partial charge in [-0.1, -0.05) is 36.0 Å². The van der Waals surface area contributed by atoms with E-state index in [-0.39, 0.29) is 5.69 Å². The van der Waals surface area contributed by atoms with Crippen molar-refractivity contribution in [2.45, 2.75) is 12.1 Å². The molecule has 0 bridgehead atoms. The Balaban J connectivity index is 2.62. The Kier molecular flexibility index (Phi) is 3.19. The van der Waals surface area contributed by atoms with Gasteiger partial charge >= 0.3 is 5.97 Å². The lowest BCUT2D eigenvalue weighted by molar-refractivity contribution is 0.0691. The molecule has 0 amide bonds. The number of nitrogens with one attached hydrogen (secondary N) is 1. The van der Waals surface area contributed by atoms with E-state index in [0.717, 1.165) is 11.1 Å². The Morgan fingerprint density at radius 2 is 2.12 bits per heavy atom. The predicted octanol–water partition coefficient (Wildman–Crippen LogP) is 2.81. The Labute approximate surface area is 103 Å². The van der Waals surface area contributed by atoms with Gasteiger partial charge in [-0.05, 0) is 18.7 Å². The molecule has 2 rings (SSSR count). The van der Waals surface area contributed by atoms with E-state index in [1.807, 2.05) is 37.4 Å². The Morgan fingerprint density at radius 1 is 1.41 bits per heavy atom. The number of imidazole rings is 1. The number of H-pyrrole nitrogens is 1. The van der Waals surface area contributed by atoms with Crippen molar-refractivity contribution in [2.24, 2.45) is 0 Å². The van der Waals surface area contributed by atoms with Gasteiger partial charge in [0.1, 0.15) is 5.69 Å². The molecule has 1 aromatic heterocycles. The van der Waals surface area contributed by atoms with Crippen molar-refractivity contribution in [1.82, 2.24) is 9.97 Å². The normalized spacial score (nSPS) is 10.5. The van der Waals surface area contributed by atoms with Crippen molar-refractivity contribution >= 4 is 17.7 Å². The van der Waals surface area contributed by atoms with Crippen molar-refractivity contribution in [3.05, 3.63) is 35.5 Å². The first-order chi connectivity index (χ1) is 8.13. The summed E-state index contributed by atoms with van der Waals surface area (Å²) < 4.78 is 0. The summed E-state index contributed by atoms with van der Waals surface area (Å²) in [6, 6.07) is 7.61. The molecule has 4 nitrogen and oxygen atoms in total. The van der Waals surface area contributed by atoms with Gasteiger partial charge in [-0.3, -0.25) is 0 Å². The van der Waals surface area contributed by atoms with Gasteiger partial charge in [0.05, 0.1) is 0 Å². The molecule has 0 unspecified atom stereocenters. The minimum atomic E-state index is -0.990. The number of aromatic amines is 1. The van der Waals surface area contributed by atoms with Crippen LogP contribution in [0.5, 0.6) is 0 Å². The highest BCUT2D eigenvalue weighted by Crippen LogP contribution is 2.27. The first-order valence-corrected chi connectivity index (χ1v) is 6.29. The highest BCUT2D eigenvalue weighted by Gasteiger charge is 2.18. The van der Waals surface area contributed by atoms with Crippen molar-refractivity contribution in [3.8, 4) is 11.3 Å². The fraction of sp³-hybridized carbons (Fsp3) is 0.167. The molecule has 5 heteroatoms. The number of aryl methyl sites for hydroxylation is 1. The molecule has 2 aromatic rings. The number of carbonyl (C=O) groups is 1. The van der Waals surface area contributed by atoms with Crippen molar-refractivity contribution in [3.63, 3.8) is 0 Å². The summed E-state index contributed by atoms with van der Waals surface area (Å²) in [7, 11) is 0. The minimum Gasteiger partial charge on any atom is -0.477 e. The number of carboxylic acids is 1. The van der Waals surface area contributed by atoms with Crippen LogP contribution in [0.2, 0.25) is 0 Å². The van der Waals surface area contributed by atoms with E-state index in [9.17, 15) is 4.79 Å². The van der Waals surface area contributed by atoms with Gasteiger partial charge in [-0.25, -0.2) is 9.78 Å². The second-order valence-corrected chi connectivity index (χ2v) is 4.38. The predicted molar refractivity (Wildman–Crippen MR) is 67.5 cm³/mol. The van der Waals surface area contributed by atoms with E-state index in [1.165, 1.54) is 11.8 Å². The number of rotatable bonds is 3. The number of aromatic nitrogens is 2. The smallest absolute Gasteiger partial charge is 0.354 e. The number of hydrogen-bond acceptors (Lipinski definition) is 3. The van der Waals surface area contributed by atoms with Gasteiger partial charge in [-0.2, -0.15) is 0 Å². The topological polar surface area (TPSA) is 66.0 Å². The number of benzene rings is 1. The van der Waals surface area contributed by atoms with Crippen molar-refractivity contribution in [1.29, 1.82) is 0 Å². The summed E-state index contributed by atoms with van der Waals surface area (Å²) in [4.78, 5) is 18.3. The molecule has 0 spiro atoms. The summed E-state index contributed by atoms with van der Waals surface area (Å²) in [6.45, 7) is 1.94. The zero-order chi connectivity index (χ0) is 12.4. The lowest BCUT2D eigenvalue weighted by atomic mass is 10.0. The molecule has 0 fully saturated rings. The van der Waals surface area contributed by atoms with Crippen LogP contribution in [0.25, 0.3) is 11.3 Å². The molecule has 1 heterocycles.